The lowest BCUT2D eigenvalue weighted by atomic mass is 10.2. The molecule has 1 aromatic heterocycles. The fourth-order valence-electron chi connectivity index (χ4n) is 1.62. The maximum absolute atomic E-state index is 9.55. The average molecular weight is 313 g/mol. The van der Waals surface area contributed by atoms with E-state index >= 15 is 0 Å². The van der Waals surface area contributed by atoms with E-state index in [1.807, 2.05) is 37.3 Å². The number of nitrogens with one attached hydrogen (secondary N) is 1. The zero-order chi connectivity index (χ0) is 17.2. The first-order chi connectivity index (χ1) is 10.9. The molecule has 0 fully saturated rings. The number of hydrogen-bond acceptors (Lipinski definition) is 4. The first-order valence-electron chi connectivity index (χ1n) is 6.55. The molecule has 23 heavy (non-hydrogen) atoms. The number of H-pyrrole nitrogens is 1. The zero-order valence-electron chi connectivity index (χ0n) is 12.4. The van der Waals surface area contributed by atoms with Gasteiger partial charge in [0, 0.05) is 23.4 Å². The van der Waals surface area contributed by atoms with Crippen molar-refractivity contribution in [1.82, 2.24) is 9.97 Å². The van der Waals surface area contributed by atoms with Gasteiger partial charge >= 0.3 is 11.9 Å². The lowest BCUT2D eigenvalue weighted by molar-refractivity contribution is -0.134. The highest BCUT2D eigenvalue weighted by Crippen LogP contribution is 2.17. The number of aliphatic carboxylic acids is 2. The van der Waals surface area contributed by atoms with Gasteiger partial charge in [-0.25, -0.2) is 14.6 Å². The Morgan fingerprint density at radius 3 is 2.26 bits per heavy atom. The van der Waals surface area contributed by atoms with Crippen LogP contribution in [-0.4, -0.2) is 32.1 Å². The molecule has 2 rings (SSSR count). The van der Waals surface area contributed by atoms with E-state index < -0.39 is 11.9 Å². The lowest BCUT2D eigenvalue weighted by Crippen LogP contribution is -1.91. The number of nitriles is 1. The molecule has 1 aromatic carbocycles. The van der Waals surface area contributed by atoms with E-state index in [0.29, 0.717) is 18.6 Å². The number of carbonyl (C=O) groups is 2. The van der Waals surface area contributed by atoms with Crippen LogP contribution in [0.5, 0.6) is 0 Å². The van der Waals surface area contributed by atoms with E-state index in [1.54, 1.807) is 0 Å². The minimum atomic E-state index is -1.26. The fraction of sp³-hybridized carbons (Fsp3) is 0.125. The maximum Gasteiger partial charge on any atom is 0.328 e. The van der Waals surface area contributed by atoms with Crippen molar-refractivity contribution < 1.29 is 19.8 Å². The van der Waals surface area contributed by atoms with Crippen molar-refractivity contribution in [3.63, 3.8) is 0 Å². The molecule has 118 valence electrons. The van der Waals surface area contributed by atoms with Crippen LogP contribution < -0.4 is 0 Å². The second-order valence-corrected chi connectivity index (χ2v) is 4.37. The summed E-state index contributed by atoms with van der Waals surface area (Å²) in [6.45, 7) is 1.94. The van der Waals surface area contributed by atoms with E-state index in [4.69, 9.17) is 15.5 Å². The molecule has 2 aromatic rings. The van der Waals surface area contributed by atoms with Crippen LogP contribution in [0.2, 0.25) is 0 Å². The molecule has 0 amide bonds. The normalized spacial score (nSPS) is 9.74. The number of aromatic amines is 1. The topological polar surface area (TPSA) is 127 Å². The largest absolute Gasteiger partial charge is 0.478 e. The SMILES string of the molecule is Cc1[nH]c(-c2ccccc2)nc1CC#N.O=C(O)/C=C/C(=O)O. The summed E-state index contributed by atoms with van der Waals surface area (Å²) < 4.78 is 0. The van der Waals surface area contributed by atoms with Gasteiger partial charge in [0.2, 0.25) is 0 Å². The molecule has 0 saturated heterocycles. The summed E-state index contributed by atoms with van der Waals surface area (Å²) in [7, 11) is 0. The van der Waals surface area contributed by atoms with E-state index in [9.17, 15) is 9.59 Å². The molecule has 0 aliphatic heterocycles. The predicted molar refractivity (Wildman–Crippen MR) is 82.5 cm³/mol. The molecule has 3 N–H and O–H groups in total. The molecular formula is C16H15N3O4. The van der Waals surface area contributed by atoms with Crippen molar-refractivity contribution in [3.05, 3.63) is 53.9 Å². The van der Waals surface area contributed by atoms with Gasteiger partial charge in [0.25, 0.3) is 0 Å². The van der Waals surface area contributed by atoms with Crippen molar-refractivity contribution in [3.8, 4) is 17.5 Å². The van der Waals surface area contributed by atoms with Crippen LogP contribution in [0.25, 0.3) is 11.4 Å². The van der Waals surface area contributed by atoms with Crippen LogP contribution in [0, 0.1) is 18.3 Å². The number of carboxylic acid groups (broad SMARTS) is 2. The number of imidazole rings is 1. The van der Waals surface area contributed by atoms with Gasteiger partial charge in [-0.15, -0.1) is 0 Å². The number of benzene rings is 1. The quantitative estimate of drug-likeness (QED) is 0.742. The number of carboxylic acids is 2. The number of nitrogens with zero attached hydrogens (tertiary/aromatic N) is 2. The minimum absolute atomic E-state index is 0.356. The van der Waals surface area contributed by atoms with Crippen LogP contribution in [0.1, 0.15) is 11.4 Å². The van der Waals surface area contributed by atoms with Crippen LogP contribution >= 0.6 is 0 Å². The lowest BCUT2D eigenvalue weighted by Gasteiger charge is -1.93. The Labute approximate surface area is 132 Å². The monoisotopic (exact) mass is 313 g/mol. The molecule has 7 heteroatoms. The van der Waals surface area contributed by atoms with Gasteiger partial charge in [-0.1, -0.05) is 30.3 Å². The average Bonchev–Trinajstić information content (AvgIpc) is 2.88. The summed E-state index contributed by atoms with van der Waals surface area (Å²) in [6.07, 6.45) is 1.47. The molecule has 0 atom stereocenters. The molecular weight excluding hydrogens is 298 g/mol. The molecule has 0 bridgehead atoms. The highest BCUT2D eigenvalue weighted by Gasteiger charge is 2.07. The van der Waals surface area contributed by atoms with Crippen molar-refractivity contribution in [2.45, 2.75) is 13.3 Å². The molecule has 0 aliphatic rings. The molecule has 0 spiro atoms. The summed E-state index contributed by atoms with van der Waals surface area (Å²) in [5.41, 5.74) is 2.84. The molecule has 0 aliphatic carbocycles. The van der Waals surface area contributed by atoms with Crippen LogP contribution in [0.4, 0.5) is 0 Å². The van der Waals surface area contributed by atoms with Gasteiger partial charge < -0.3 is 15.2 Å². The highest BCUT2D eigenvalue weighted by molar-refractivity contribution is 5.89. The highest BCUT2D eigenvalue weighted by atomic mass is 16.4. The Kier molecular flexibility index (Phi) is 6.75. The third-order valence-corrected chi connectivity index (χ3v) is 2.65. The number of aromatic nitrogens is 2. The van der Waals surface area contributed by atoms with E-state index in [1.165, 1.54) is 0 Å². The third kappa shape index (κ3) is 6.27. The van der Waals surface area contributed by atoms with E-state index in [2.05, 4.69) is 16.0 Å². The van der Waals surface area contributed by atoms with Gasteiger partial charge in [0.05, 0.1) is 18.2 Å². The van der Waals surface area contributed by atoms with Crippen LogP contribution in [-0.2, 0) is 16.0 Å². The summed E-state index contributed by atoms with van der Waals surface area (Å²) >= 11 is 0. The van der Waals surface area contributed by atoms with Gasteiger partial charge in [-0.2, -0.15) is 5.26 Å². The van der Waals surface area contributed by atoms with Gasteiger partial charge in [0.15, 0.2) is 0 Å². The van der Waals surface area contributed by atoms with Crippen molar-refractivity contribution in [2.75, 3.05) is 0 Å². The van der Waals surface area contributed by atoms with Gasteiger partial charge in [-0.3, -0.25) is 0 Å². The molecule has 0 unspecified atom stereocenters. The van der Waals surface area contributed by atoms with Crippen molar-refractivity contribution >= 4 is 11.9 Å². The number of hydrogen-bond donors (Lipinski definition) is 3. The Morgan fingerprint density at radius 2 is 1.78 bits per heavy atom. The summed E-state index contributed by atoms with van der Waals surface area (Å²) in [4.78, 5) is 26.7. The predicted octanol–water partition coefficient (Wildman–Crippen LogP) is 2.16. The summed E-state index contributed by atoms with van der Waals surface area (Å²) in [6, 6.07) is 12.0. The Morgan fingerprint density at radius 1 is 1.22 bits per heavy atom. The van der Waals surface area contributed by atoms with Crippen molar-refractivity contribution in [2.24, 2.45) is 0 Å². The molecule has 7 nitrogen and oxygen atoms in total. The van der Waals surface area contributed by atoms with E-state index in [-0.39, 0.29) is 0 Å². The molecule has 0 saturated carbocycles. The zero-order valence-corrected chi connectivity index (χ0v) is 12.4. The Hall–Kier alpha value is -3.40. The van der Waals surface area contributed by atoms with Gasteiger partial charge in [-0.05, 0) is 6.92 Å². The summed E-state index contributed by atoms with van der Waals surface area (Å²) in [5, 5.41) is 24.2. The Balaban J connectivity index is 0.000000284. The van der Waals surface area contributed by atoms with Gasteiger partial charge in [0.1, 0.15) is 5.82 Å². The fourth-order valence-corrected chi connectivity index (χ4v) is 1.62. The first kappa shape index (κ1) is 17.7. The van der Waals surface area contributed by atoms with E-state index in [0.717, 1.165) is 22.8 Å². The second kappa shape index (κ2) is 8.79. The maximum atomic E-state index is 9.55. The summed E-state index contributed by atoms with van der Waals surface area (Å²) in [5.74, 6) is -1.68. The second-order valence-electron chi connectivity index (χ2n) is 4.37. The minimum Gasteiger partial charge on any atom is -0.478 e. The number of rotatable bonds is 4. The Bertz CT molecular complexity index is 726. The molecule has 1 heterocycles. The third-order valence-electron chi connectivity index (χ3n) is 2.65. The van der Waals surface area contributed by atoms with Crippen LogP contribution in [0.15, 0.2) is 42.5 Å². The standard InChI is InChI=1S/C12H11N3.C4H4O4/c1-9-11(7-8-13)15-12(14-9)10-5-3-2-4-6-10;5-3(6)1-2-4(7)8/h2-6H,7H2,1H3,(H,14,15);1-2H,(H,5,6)(H,7,8)/b;2-1+. The smallest absolute Gasteiger partial charge is 0.328 e. The number of aryl methyl sites for hydroxylation is 1. The molecule has 0 radical (unpaired) electrons. The van der Waals surface area contributed by atoms with Crippen molar-refractivity contribution in [1.29, 1.82) is 5.26 Å². The first-order valence-corrected chi connectivity index (χ1v) is 6.55. The van der Waals surface area contributed by atoms with Crippen LogP contribution in [0.3, 0.4) is 0 Å².